The van der Waals surface area contributed by atoms with E-state index in [1.807, 2.05) is 42.5 Å². The standard InChI is InChI=1S/C15H17NO2/c17-15(9-8-13-5-2-1-3-6-13)16-11-10-14-7-4-12-18-14/h1-7,12H,8-11H2,(H,16,17). The summed E-state index contributed by atoms with van der Waals surface area (Å²) in [6.07, 6.45) is 3.70. The van der Waals surface area contributed by atoms with Gasteiger partial charge in [-0.3, -0.25) is 4.79 Å². The monoisotopic (exact) mass is 243 g/mol. The zero-order chi connectivity index (χ0) is 12.6. The summed E-state index contributed by atoms with van der Waals surface area (Å²) in [5.41, 5.74) is 1.19. The number of carbonyl (C=O) groups excluding carboxylic acids is 1. The van der Waals surface area contributed by atoms with Crippen molar-refractivity contribution >= 4 is 5.91 Å². The summed E-state index contributed by atoms with van der Waals surface area (Å²) in [4.78, 5) is 11.6. The molecule has 0 fully saturated rings. The van der Waals surface area contributed by atoms with Gasteiger partial charge in [0.2, 0.25) is 5.91 Å². The predicted octanol–water partition coefficient (Wildman–Crippen LogP) is 2.57. The molecule has 0 saturated heterocycles. The van der Waals surface area contributed by atoms with Crippen LogP contribution in [0.4, 0.5) is 0 Å². The molecule has 2 aromatic rings. The Kier molecular flexibility index (Phi) is 4.59. The van der Waals surface area contributed by atoms with Crippen molar-refractivity contribution in [1.29, 1.82) is 0 Å². The summed E-state index contributed by atoms with van der Waals surface area (Å²) in [5, 5.41) is 2.89. The van der Waals surface area contributed by atoms with Crippen molar-refractivity contribution in [2.24, 2.45) is 0 Å². The molecule has 0 atom stereocenters. The predicted molar refractivity (Wildman–Crippen MR) is 70.2 cm³/mol. The zero-order valence-corrected chi connectivity index (χ0v) is 10.3. The van der Waals surface area contributed by atoms with Gasteiger partial charge in [-0.1, -0.05) is 30.3 Å². The van der Waals surface area contributed by atoms with Gasteiger partial charge in [0.1, 0.15) is 5.76 Å². The number of aryl methyl sites for hydroxylation is 1. The average molecular weight is 243 g/mol. The van der Waals surface area contributed by atoms with Gasteiger partial charge in [0.05, 0.1) is 6.26 Å². The second-order valence-corrected chi connectivity index (χ2v) is 4.16. The van der Waals surface area contributed by atoms with Gasteiger partial charge in [0.15, 0.2) is 0 Å². The van der Waals surface area contributed by atoms with E-state index < -0.39 is 0 Å². The minimum atomic E-state index is 0.0883. The molecule has 1 heterocycles. The van der Waals surface area contributed by atoms with E-state index in [1.54, 1.807) is 6.26 Å². The topological polar surface area (TPSA) is 42.2 Å². The summed E-state index contributed by atoms with van der Waals surface area (Å²) in [7, 11) is 0. The molecule has 0 aliphatic carbocycles. The highest BCUT2D eigenvalue weighted by Crippen LogP contribution is 2.02. The second kappa shape index (κ2) is 6.64. The molecule has 1 aromatic carbocycles. The highest BCUT2D eigenvalue weighted by molar-refractivity contribution is 5.76. The SMILES string of the molecule is O=C(CCc1ccccc1)NCCc1ccco1. The van der Waals surface area contributed by atoms with Crippen LogP contribution in [-0.2, 0) is 17.6 Å². The van der Waals surface area contributed by atoms with E-state index in [2.05, 4.69) is 5.32 Å². The van der Waals surface area contributed by atoms with Gasteiger partial charge in [-0.15, -0.1) is 0 Å². The van der Waals surface area contributed by atoms with E-state index in [-0.39, 0.29) is 5.91 Å². The van der Waals surface area contributed by atoms with Crippen LogP contribution in [-0.4, -0.2) is 12.5 Å². The van der Waals surface area contributed by atoms with Gasteiger partial charge in [-0.05, 0) is 24.1 Å². The number of hydrogen-bond donors (Lipinski definition) is 1. The molecule has 1 amide bonds. The normalized spacial score (nSPS) is 10.2. The molecule has 1 N–H and O–H groups in total. The van der Waals surface area contributed by atoms with Crippen LogP contribution >= 0.6 is 0 Å². The maximum absolute atomic E-state index is 11.6. The van der Waals surface area contributed by atoms with Gasteiger partial charge >= 0.3 is 0 Å². The zero-order valence-electron chi connectivity index (χ0n) is 10.3. The van der Waals surface area contributed by atoms with E-state index >= 15 is 0 Å². The number of carbonyl (C=O) groups is 1. The molecular weight excluding hydrogens is 226 g/mol. The van der Waals surface area contributed by atoms with Crippen LogP contribution < -0.4 is 5.32 Å². The van der Waals surface area contributed by atoms with Gasteiger partial charge < -0.3 is 9.73 Å². The van der Waals surface area contributed by atoms with Gasteiger partial charge in [-0.2, -0.15) is 0 Å². The van der Waals surface area contributed by atoms with Crippen LogP contribution in [0.25, 0.3) is 0 Å². The van der Waals surface area contributed by atoms with E-state index in [1.165, 1.54) is 5.56 Å². The van der Waals surface area contributed by atoms with E-state index in [9.17, 15) is 4.79 Å². The van der Waals surface area contributed by atoms with Gasteiger partial charge in [0, 0.05) is 19.4 Å². The minimum Gasteiger partial charge on any atom is -0.469 e. The second-order valence-electron chi connectivity index (χ2n) is 4.16. The molecule has 0 aliphatic heterocycles. The van der Waals surface area contributed by atoms with Crippen molar-refractivity contribution in [3.63, 3.8) is 0 Å². The molecule has 1 aromatic heterocycles. The third-order valence-electron chi connectivity index (χ3n) is 2.76. The molecule has 0 bridgehead atoms. The number of furan rings is 1. The van der Waals surface area contributed by atoms with Gasteiger partial charge in [0.25, 0.3) is 0 Å². The number of nitrogens with one attached hydrogen (secondary N) is 1. The third-order valence-corrected chi connectivity index (χ3v) is 2.76. The Bertz CT molecular complexity index is 463. The fraction of sp³-hybridized carbons (Fsp3) is 0.267. The number of rotatable bonds is 6. The van der Waals surface area contributed by atoms with Crippen molar-refractivity contribution in [1.82, 2.24) is 5.32 Å². The summed E-state index contributed by atoms with van der Waals surface area (Å²) in [6, 6.07) is 13.8. The first-order chi connectivity index (χ1) is 8.84. The van der Waals surface area contributed by atoms with E-state index in [0.29, 0.717) is 13.0 Å². The molecule has 0 unspecified atom stereocenters. The molecule has 0 saturated carbocycles. The largest absolute Gasteiger partial charge is 0.469 e. The molecule has 0 radical (unpaired) electrons. The molecular formula is C15H17NO2. The first kappa shape index (κ1) is 12.4. The lowest BCUT2D eigenvalue weighted by molar-refractivity contribution is -0.121. The molecule has 0 aliphatic rings. The lowest BCUT2D eigenvalue weighted by atomic mass is 10.1. The van der Waals surface area contributed by atoms with Crippen molar-refractivity contribution in [2.45, 2.75) is 19.3 Å². The quantitative estimate of drug-likeness (QED) is 0.847. The van der Waals surface area contributed by atoms with Crippen molar-refractivity contribution < 1.29 is 9.21 Å². The Labute approximate surface area is 107 Å². The highest BCUT2D eigenvalue weighted by Gasteiger charge is 2.02. The fourth-order valence-electron chi connectivity index (χ4n) is 1.77. The summed E-state index contributed by atoms with van der Waals surface area (Å²) in [6.45, 7) is 0.626. The Morgan fingerprint density at radius 2 is 1.89 bits per heavy atom. The number of hydrogen-bond acceptors (Lipinski definition) is 2. The lowest BCUT2D eigenvalue weighted by Gasteiger charge is -2.04. The third kappa shape index (κ3) is 4.09. The van der Waals surface area contributed by atoms with Crippen molar-refractivity contribution in [3.05, 3.63) is 60.1 Å². The molecule has 0 spiro atoms. The lowest BCUT2D eigenvalue weighted by Crippen LogP contribution is -2.25. The Balaban J connectivity index is 1.63. The molecule has 18 heavy (non-hydrogen) atoms. The first-order valence-electron chi connectivity index (χ1n) is 6.17. The van der Waals surface area contributed by atoms with Crippen LogP contribution in [0.2, 0.25) is 0 Å². The van der Waals surface area contributed by atoms with E-state index in [4.69, 9.17) is 4.42 Å². The average Bonchev–Trinajstić information content (AvgIpc) is 2.91. The molecule has 3 nitrogen and oxygen atoms in total. The Morgan fingerprint density at radius 1 is 1.06 bits per heavy atom. The van der Waals surface area contributed by atoms with Crippen LogP contribution in [0.15, 0.2) is 53.1 Å². The van der Waals surface area contributed by atoms with Crippen molar-refractivity contribution in [3.8, 4) is 0 Å². The van der Waals surface area contributed by atoms with Crippen LogP contribution in [0.1, 0.15) is 17.7 Å². The molecule has 3 heteroatoms. The maximum atomic E-state index is 11.6. The molecule has 2 rings (SSSR count). The number of amides is 1. The van der Waals surface area contributed by atoms with Crippen molar-refractivity contribution in [2.75, 3.05) is 6.54 Å². The van der Waals surface area contributed by atoms with E-state index in [0.717, 1.165) is 18.6 Å². The minimum absolute atomic E-state index is 0.0883. The van der Waals surface area contributed by atoms with Crippen LogP contribution in [0, 0.1) is 0 Å². The number of benzene rings is 1. The first-order valence-corrected chi connectivity index (χ1v) is 6.17. The summed E-state index contributed by atoms with van der Waals surface area (Å²) in [5.74, 6) is 0.990. The highest BCUT2D eigenvalue weighted by atomic mass is 16.3. The maximum Gasteiger partial charge on any atom is 0.220 e. The summed E-state index contributed by atoms with van der Waals surface area (Å²) < 4.78 is 5.19. The fourth-order valence-corrected chi connectivity index (χ4v) is 1.77. The van der Waals surface area contributed by atoms with Crippen LogP contribution in [0.5, 0.6) is 0 Å². The molecule has 94 valence electrons. The smallest absolute Gasteiger partial charge is 0.220 e. The van der Waals surface area contributed by atoms with Crippen LogP contribution in [0.3, 0.4) is 0 Å². The Hall–Kier alpha value is -2.03. The van der Waals surface area contributed by atoms with Gasteiger partial charge in [-0.25, -0.2) is 0 Å². The Morgan fingerprint density at radius 3 is 2.61 bits per heavy atom. The summed E-state index contributed by atoms with van der Waals surface area (Å²) >= 11 is 0.